The normalized spacial score (nSPS) is 11.2. The molecule has 1 amide bonds. The lowest BCUT2D eigenvalue weighted by Crippen LogP contribution is -2.15. The number of carbonyl (C=O) groups is 1. The van der Waals surface area contributed by atoms with Crippen LogP contribution in [0.15, 0.2) is 83.9 Å². The molecule has 0 fully saturated rings. The van der Waals surface area contributed by atoms with Gasteiger partial charge < -0.3 is 5.32 Å². The van der Waals surface area contributed by atoms with E-state index in [-0.39, 0.29) is 16.8 Å². The van der Waals surface area contributed by atoms with Crippen molar-refractivity contribution in [2.24, 2.45) is 0 Å². The second-order valence-corrected chi connectivity index (χ2v) is 8.35. The van der Waals surface area contributed by atoms with E-state index in [1.165, 1.54) is 30.5 Å². The number of amides is 1. The van der Waals surface area contributed by atoms with E-state index in [0.29, 0.717) is 16.9 Å². The number of rotatable bonds is 5. The molecule has 3 aromatic carbocycles. The predicted octanol–water partition coefficient (Wildman–Crippen LogP) is 3.99. The minimum absolute atomic E-state index is 0.00341. The maximum absolute atomic E-state index is 12.6. The summed E-state index contributed by atoms with van der Waals surface area (Å²) in [5.41, 5.74) is 1.65. The zero-order valence-corrected chi connectivity index (χ0v) is 16.8. The molecule has 0 aliphatic rings. The lowest BCUT2D eigenvalue weighted by Gasteiger charge is -2.09. The number of hydrogen-bond donors (Lipinski definition) is 2. The molecule has 0 radical (unpaired) electrons. The molecule has 0 atom stereocenters. The van der Waals surface area contributed by atoms with Gasteiger partial charge in [0.1, 0.15) is 0 Å². The highest BCUT2D eigenvalue weighted by Gasteiger charge is 2.16. The van der Waals surface area contributed by atoms with Gasteiger partial charge in [0.15, 0.2) is 0 Å². The maximum Gasteiger partial charge on any atom is 0.264 e. The van der Waals surface area contributed by atoms with Gasteiger partial charge in [-0.2, -0.15) is 0 Å². The first-order valence-corrected chi connectivity index (χ1v) is 10.6. The summed E-state index contributed by atoms with van der Waals surface area (Å²) < 4.78 is 27.4. The largest absolute Gasteiger partial charge is 0.322 e. The van der Waals surface area contributed by atoms with E-state index in [9.17, 15) is 13.2 Å². The average molecular weight is 418 g/mol. The summed E-state index contributed by atoms with van der Waals surface area (Å²) >= 11 is 0. The van der Waals surface area contributed by atoms with Crippen LogP contribution in [0.3, 0.4) is 0 Å². The first kappa shape index (κ1) is 19.5. The van der Waals surface area contributed by atoms with Crippen molar-refractivity contribution < 1.29 is 13.2 Å². The number of fused-ring (bicyclic) bond motifs is 1. The third-order valence-electron chi connectivity index (χ3n) is 4.45. The monoisotopic (exact) mass is 418 g/mol. The topological polar surface area (TPSA) is 101 Å². The quantitative estimate of drug-likeness (QED) is 0.510. The smallest absolute Gasteiger partial charge is 0.264 e. The van der Waals surface area contributed by atoms with Crippen LogP contribution in [0.2, 0.25) is 0 Å². The summed E-state index contributed by atoms with van der Waals surface area (Å²) in [6.45, 7) is 1.74. The van der Waals surface area contributed by atoms with Gasteiger partial charge in [0.2, 0.25) is 5.95 Å². The van der Waals surface area contributed by atoms with E-state index < -0.39 is 10.0 Å². The molecule has 0 saturated carbocycles. The molecule has 4 rings (SSSR count). The van der Waals surface area contributed by atoms with Crippen LogP contribution in [-0.2, 0) is 10.0 Å². The molecule has 0 spiro atoms. The Kier molecular flexibility index (Phi) is 5.16. The molecular weight excluding hydrogens is 400 g/mol. The summed E-state index contributed by atoms with van der Waals surface area (Å²) in [6, 6.07) is 20.8. The van der Waals surface area contributed by atoms with Crippen LogP contribution < -0.4 is 10.0 Å². The second-order valence-electron chi connectivity index (χ2n) is 6.67. The van der Waals surface area contributed by atoms with E-state index in [0.717, 1.165) is 10.8 Å². The van der Waals surface area contributed by atoms with Crippen molar-refractivity contribution in [1.29, 1.82) is 0 Å². The molecule has 0 saturated heterocycles. The fraction of sp³-hybridized carbons (Fsp3) is 0.0455. The van der Waals surface area contributed by atoms with Crippen molar-refractivity contribution in [3.8, 4) is 0 Å². The predicted molar refractivity (Wildman–Crippen MR) is 116 cm³/mol. The highest BCUT2D eigenvalue weighted by Crippen LogP contribution is 2.19. The Hall–Kier alpha value is -3.78. The minimum Gasteiger partial charge on any atom is -0.322 e. The number of nitrogens with one attached hydrogen (secondary N) is 2. The summed E-state index contributed by atoms with van der Waals surface area (Å²) in [7, 11) is -3.84. The number of nitrogens with zero attached hydrogens (tertiary/aromatic N) is 2. The molecular formula is C22H18N4O3S. The molecule has 150 valence electrons. The van der Waals surface area contributed by atoms with Gasteiger partial charge >= 0.3 is 0 Å². The van der Waals surface area contributed by atoms with Crippen molar-refractivity contribution in [3.05, 3.63) is 90.3 Å². The molecule has 1 aromatic heterocycles. The Labute approximate surface area is 173 Å². The molecule has 8 heteroatoms. The second kappa shape index (κ2) is 7.92. The Morgan fingerprint density at radius 3 is 2.37 bits per heavy atom. The Balaban J connectivity index is 1.49. The van der Waals surface area contributed by atoms with Crippen molar-refractivity contribution >= 4 is 38.3 Å². The molecule has 4 aromatic rings. The zero-order chi connectivity index (χ0) is 21.1. The SMILES string of the molecule is Cc1ccnc(NS(=O)(=O)c2ccc(NC(=O)c3ccc4ccccc4c3)cc2)n1. The number of anilines is 2. The summed E-state index contributed by atoms with van der Waals surface area (Å²) in [4.78, 5) is 20.5. The number of aromatic nitrogens is 2. The Bertz CT molecular complexity index is 1340. The highest BCUT2D eigenvalue weighted by atomic mass is 32.2. The first-order chi connectivity index (χ1) is 14.4. The standard InChI is InChI=1S/C22H18N4O3S/c1-15-12-13-23-22(24-15)26-30(28,29)20-10-8-19(9-11-20)25-21(27)18-7-6-16-4-2-3-5-17(16)14-18/h2-14H,1H3,(H,25,27)(H,23,24,26). The van der Waals surface area contributed by atoms with Crippen LogP contribution in [-0.4, -0.2) is 24.3 Å². The number of hydrogen-bond acceptors (Lipinski definition) is 5. The molecule has 0 aliphatic carbocycles. The molecule has 0 bridgehead atoms. The number of benzene rings is 3. The van der Waals surface area contributed by atoms with Crippen LogP contribution in [0.25, 0.3) is 10.8 Å². The van der Waals surface area contributed by atoms with E-state index in [2.05, 4.69) is 20.0 Å². The number of aryl methyl sites for hydroxylation is 1. The van der Waals surface area contributed by atoms with Gasteiger partial charge in [0.25, 0.3) is 15.9 Å². The average Bonchev–Trinajstić information content (AvgIpc) is 2.73. The fourth-order valence-corrected chi connectivity index (χ4v) is 3.88. The van der Waals surface area contributed by atoms with Crippen LogP contribution in [0.1, 0.15) is 16.1 Å². The summed E-state index contributed by atoms with van der Waals surface area (Å²) in [5, 5.41) is 4.80. The van der Waals surface area contributed by atoms with Gasteiger partial charge in [0, 0.05) is 23.1 Å². The van der Waals surface area contributed by atoms with E-state index in [4.69, 9.17) is 0 Å². The lowest BCUT2D eigenvalue weighted by atomic mass is 10.1. The Morgan fingerprint density at radius 2 is 1.63 bits per heavy atom. The third-order valence-corrected chi connectivity index (χ3v) is 5.80. The van der Waals surface area contributed by atoms with Crippen molar-refractivity contribution in [1.82, 2.24) is 9.97 Å². The number of sulfonamides is 1. The van der Waals surface area contributed by atoms with Crippen molar-refractivity contribution in [2.75, 3.05) is 10.0 Å². The minimum atomic E-state index is -3.84. The van der Waals surface area contributed by atoms with Crippen LogP contribution in [0.4, 0.5) is 11.6 Å². The maximum atomic E-state index is 12.6. The molecule has 1 heterocycles. The third kappa shape index (κ3) is 4.28. The van der Waals surface area contributed by atoms with Crippen molar-refractivity contribution in [3.63, 3.8) is 0 Å². The van der Waals surface area contributed by atoms with Gasteiger partial charge in [-0.15, -0.1) is 0 Å². The van der Waals surface area contributed by atoms with Gasteiger partial charge in [-0.1, -0.05) is 30.3 Å². The molecule has 0 aliphatic heterocycles. The van der Waals surface area contributed by atoms with Gasteiger partial charge in [0.05, 0.1) is 4.90 Å². The van der Waals surface area contributed by atoms with Crippen LogP contribution in [0, 0.1) is 6.92 Å². The molecule has 7 nitrogen and oxygen atoms in total. The summed E-state index contributed by atoms with van der Waals surface area (Å²) in [5.74, 6) is -0.272. The first-order valence-electron chi connectivity index (χ1n) is 9.13. The van der Waals surface area contributed by atoms with Crippen LogP contribution in [0.5, 0.6) is 0 Å². The van der Waals surface area contributed by atoms with Gasteiger partial charge in [-0.05, 0) is 60.2 Å². The zero-order valence-electron chi connectivity index (χ0n) is 16.0. The molecule has 0 unspecified atom stereocenters. The Morgan fingerprint density at radius 1 is 0.900 bits per heavy atom. The van der Waals surface area contributed by atoms with E-state index >= 15 is 0 Å². The van der Waals surface area contributed by atoms with Crippen molar-refractivity contribution in [2.45, 2.75) is 11.8 Å². The lowest BCUT2D eigenvalue weighted by molar-refractivity contribution is 0.102. The molecule has 2 N–H and O–H groups in total. The van der Waals surface area contributed by atoms with Crippen LogP contribution >= 0.6 is 0 Å². The van der Waals surface area contributed by atoms with E-state index in [1.807, 2.05) is 36.4 Å². The summed E-state index contributed by atoms with van der Waals surface area (Å²) in [6.07, 6.45) is 1.48. The highest BCUT2D eigenvalue weighted by molar-refractivity contribution is 7.92. The molecule has 30 heavy (non-hydrogen) atoms. The fourth-order valence-electron chi connectivity index (χ4n) is 2.93. The number of carbonyl (C=O) groups excluding carboxylic acids is 1. The van der Waals surface area contributed by atoms with Gasteiger partial charge in [-0.3, -0.25) is 4.79 Å². The van der Waals surface area contributed by atoms with E-state index in [1.54, 1.807) is 19.1 Å². The van der Waals surface area contributed by atoms with Gasteiger partial charge in [-0.25, -0.2) is 23.1 Å².